The Morgan fingerprint density at radius 3 is 2.84 bits per heavy atom. The van der Waals surface area contributed by atoms with E-state index in [1.54, 1.807) is 12.1 Å². The Hall–Kier alpha value is -1.55. The molecule has 0 radical (unpaired) electrons. The van der Waals surface area contributed by atoms with Crippen LogP contribution in [0, 0.1) is 6.92 Å². The Kier molecular flexibility index (Phi) is 4.43. The summed E-state index contributed by atoms with van der Waals surface area (Å²) < 4.78 is 5.74. The van der Waals surface area contributed by atoms with Crippen molar-refractivity contribution in [3.63, 3.8) is 0 Å². The van der Waals surface area contributed by atoms with Gasteiger partial charge in [0.25, 0.3) is 0 Å². The highest BCUT2D eigenvalue weighted by Gasteiger charge is 2.17. The summed E-state index contributed by atoms with van der Waals surface area (Å²) in [6.07, 6.45) is 3.79. The SMILES string of the molecule is Cc1cc(C(=O)O)ccc1N(C)CC1CCCCO1. The second kappa shape index (κ2) is 6.06. The largest absolute Gasteiger partial charge is 0.478 e. The van der Waals surface area contributed by atoms with Gasteiger partial charge >= 0.3 is 5.97 Å². The van der Waals surface area contributed by atoms with E-state index in [9.17, 15) is 4.79 Å². The Morgan fingerprint density at radius 2 is 2.26 bits per heavy atom. The fourth-order valence-electron chi connectivity index (χ4n) is 2.57. The Morgan fingerprint density at radius 1 is 1.47 bits per heavy atom. The second-order valence-corrected chi connectivity index (χ2v) is 5.18. The number of hydrogen-bond acceptors (Lipinski definition) is 3. The molecular formula is C15H21NO3. The number of aryl methyl sites for hydroxylation is 1. The van der Waals surface area contributed by atoms with Crippen LogP contribution in [0.25, 0.3) is 0 Å². The minimum Gasteiger partial charge on any atom is -0.478 e. The van der Waals surface area contributed by atoms with Gasteiger partial charge in [0.2, 0.25) is 0 Å². The van der Waals surface area contributed by atoms with Crippen LogP contribution in [0.3, 0.4) is 0 Å². The first-order valence-electron chi connectivity index (χ1n) is 6.74. The van der Waals surface area contributed by atoms with Crippen LogP contribution >= 0.6 is 0 Å². The predicted molar refractivity (Wildman–Crippen MR) is 75.0 cm³/mol. The zero-order valence-electron chi connectivity index (χ0n) is 11.6. The van der Waals surface area contributed by atoms with Crippen molar-refractivity contribution >= 4 is 11.7 Å². The summed E-state index contributed by atoms with van der Waals surface area (Å²) in [6.45, 7) is 3.66. The maximum atomic E-state index is 10.9. The summed E-state index contributed by atoms with van der Waals surface area (Å²) in [6, 6.07) is 5.25. The van der Waals surface area contributed by atoms with Crippen LogP contribution in [0.1, 0.15) is 35.2 Å². The van der Waals surface area contributed by atoms with Gasteiger partial charge in [-0.2, -0.15) is 0 Å². The van der Waals surface area contributed by atoms with Gasteiger partial charge in [-0.15, -0.1) is 0 Å². The van der Waals surface area contributed by atoms with Gasteiger partial charge in [0.15, 0.2) is 0 Å². The van der Waals surface area contributed by atoms with E-state index >= 15 is 0 Å². The summed E-state index contributed by atoms with van der Waals surface area (Å²) in [5.74, 6) is -0.882. The predicted octanol–water partition coefficient (Wildman–Crippen LogP) is 2.70. The van der Waals surface area contributed by atoms with Gasteiger partial charge in [-0.1, -0.05) is 0 Å². The van der Waals surface area contributed by atoms with Gasteiger partial charge in [-0.3, -0.25) is 0 Å². The molecule has 0 bridgehead atoms. The number of aromatic carboxylic acids is 1. The number of benzene rings is 1. The molecule has 0 saturated carbocycles. The number of hydrogen-bond donors (Lipinski definition) is 1. The number of carbonyl (C=O) groups is 1. The molecule has 4 nitrogen and oxygen atoms in total. The van der Waals surface area contributed by atoms with Crippen molar-refractivity contribution in [2.75, 3.05) is 25.1 Å². The quantitative estimate of drug-likeness (QED) is 0.907. The molecule has 0 aromatic heterocycles. The van der Waals surface area contributed by atoms with Gasteiger partial charge in [-0.25, -0.2) is 4.79 Å². The van der Waals surface area contributed by atoms with Gasteiger partial charge in [-0.05, 0) is 49.9 Å². The van der Waals surface area contributed by atoms with Crippen molar-refractivity contribution in [3.05, 3.63) is 29.3 Å². The molecule has 0 spiro atoms. The van der Waals surface area contributed by atoms with E-state index in [0.29, 0.717) is 5.56 Å². The summed E-state index contributed by atoms with van der Waals surface area (Å²) in [7, 11) is 2.03. The number of likely N-dealkylation sites (N-methyl/N-ethyl adjacent to an activating group) is 1. The molecule has 0 amide bonds. The van der Waals surface area contributed by atoms with E-state index in [1.807, 2.05) is 20.0 Å². The molecule has 1 N–H and O–H groups in total. The third-order valence-electron chi connectivity index (χ3n) is 3.61. The Labute approximate surface area is 114 Å². The number of carboxylic acids is 1. The topological polar surface area (TPSA) is 49.8 Å². The number of ether oxygens (including phenoxy) is 1. The van der Waals surface area contributed by atoms with Crippen molar-refractivity contribution in [2.24, 2.45) is 0 Å². The molecule has 1 aliphatic heterocycles. The van der Waals surface area contributed by atoms with Gasteiger partial charge in [0.1, 0.15) is 0 Å². The van der Waals surface area contributed by atoms with Crippen molar-refractivity contribution in [3.8, 4) is 0 Å². The number of nitrogens with zero attached hydrogens (tertiary/aromatic N) is 1. The van der Waals surface area contributed by atoms with E-state index in [2.05, 4.69) is 4.90 Å². The van der Waals surface area contributed by atoms with Crippen LogP contribution in [-0.2, 0) is 4.74 Å². The van der Waals surface area contributed by atoms with Crippen LogP contribution in [0.2, 0.25) is 0 Å². The molecule has 1 aromatic carbocycles. The number of anilines is 1. The zero-order valence-corrected chi connectivity index (χ0v) is 11.6. The van der Waals surface area contributed by atoms with Crippen LogP contribution in [-0.4, -0.2) is 37.4 Å². The van der Waals surface area contributed by atoms with Gasteiger partial charge in [0.05, 0.1) is 11.7 Å². The van der Waals surface area contributed by atoms with Crippen molar-refractivity contribution in [1.29, 1.82) is 0 Å². The molecular weight excluding hydrogens is 242 g/mol. The van der Waals surface area contributed by atoms with Crippen molar-refractivity contribution in [1.82, 2.24) is 0 Å². The lowest BCUT2D eigenvalue weighted by Crippen LogP contribution is -2.33. The molecule has 104 valence electrons. The average molecular weight is 263 g/mol. The third kappa shape index (κ3) is 3.47. The summed E-state index contributed by atoms with van der Waals surface area (Å²) in [4.78, 5) is 13.1. The minimum atomic E-state index is -0.882. The zero-order chi connectivity index (χ0) is 13.8. The van der Waals surface area contributed by atoms with Crippen molar-refractivity contribution in [2.45, 2.75) is 32.3 Å². The highest BCUT2D eigenvalue weighted by atomic mass is 16.5. The maximum absolute atomic E-state index is 10.9. The van der Waals surface area contributed by atoms with E-state index in [0.717, 1.165) is 37.2 Å². The van der Waals surface area contributed by atoms with Crippen LogP contribution < -0.4 is 4.90 Å². The lowest BCUT2D eigenvalue weighted by Gasteiger charge is -2.29. The molecule has 1 atom stereocenters. The molecule has 2 rings (SSSR count). The molecule has 1 heterocycles. The number of carboxylic acid groups (broad SMARTS) is 1. The summed E-state index contributed by atoms with van der Waals surface area (Å²) in [5.41, 5.74) is 2.39. The Balaban J connectivity index is 2.05. The normalized spacial score (nSPS) is 19.2. The fraction of sp³-hybridized carbons (Fsp3) is 0.533. The molecule has 1 unspecified atom stereocenters. The average Bonchev–Trinajstić information content (AvgIpc) is 2.39. The van der Waals surface area contributed by atoms with Crippen molar-refractivity contribution < 1.29 is 14.6 Å². The molecule has 0 aliphatic carbocycles. The molecule has 4 heteroatoms. The summed E-state index contributed by atoms with van der Waals surface area (Å²) >= 11 is 0. The second-order valence-electron chi connectivity index (χ2n) is 5.18. The van der Waals surface area contributed by atoms with E-state index < -0.39 is 5.97 Å². The summed E-state index contributed by atoms with van der Waals surface area (Å²) in [5, 5.41) is 8.97. The smallest absolute Gasteiger partial charge is 0.335 e. The van der Waals surface area contributed by atoms with Gasteiger partial charge in [0, 0.05) is 25.9 Å². The lowest BCUT2D eigenvalue weighted by atomic mass is 10.1. The van der Waals surface area contributed by atoms with Crippen LogP contribution in [0.15, 0.2) is 18.2 Å². The van der Waals surface area contributed by atoms with E-state index in [4.69, 9.17) is 9.84 Å². The van der Waals surface area contributed by atoms with E-state index in [1.165, 1.54) is 6.42 Å². The van der Waals surface area contributed by atoms with Crippen LogP contribution in [0.4, 0.5) is 5.69 Å². The highest BCUT2D eigenvalue weighted by molar-refractivity contribution is 5.88. The first-order chi connectivity index (χ1) is 9.08. The fourth-order valence-corrected chi connectivity index (χ4v) is 2.57. The third-order valence-corrected chi connectivity index (χ3v) is 3.61. The number of rotatable bonds is 4. The van der Waals surface area contributed by atoms with Gasteiger partial charge < -0.3 is 14.7 Å². The minimum absolute atomic E-state index is 0.289. The van der Waals surface area contributed by atoms with Crippen LogP contribution in [0.5, 0.6) is 0 Å². The molecule has 19 heavy (non-hydrogen) atoms. The maximum Gasteiger partial charge on any atom is 0.335 e. The lowest BCUT2D eigenvalue weighted by molar-refractivity contribution is 0.0216. The first kappa shape index (κ1) is 13.9. The Bertz CT molecular complexity index is 453. The first-order valence-corrected chi connectivity index (χ1v) is 6.74. The van der Waals surface area contributed by atoms with E-state index in [-0.39, 0.29) is 6.10 Å². The molecule has 1 saturated heterocycles. The molecule has 1 aromatic rings. The highest BCUT2D eigenvalue weighted by Crippen LogP contribution is 2.22. The molecule has 1 fully saturated rings. The standard InChI is InChI=1S/C15H21NO3/c1-11-9-12(15(17)18)6-7-14(11)16(2)10-13-5-3-4-8-19-13/h6-7,9,13H,3-5,8,10H2,1-2H3,(H,17,18). The monoisotopic (exact) mass is 263 g/mol. The molecule has 1 aliphatic rings.